The molecular weight excluding hydrogens is 422 g/mol. The lowest BCUT2D eigenvalue weighted by Crippen LogP contribution is -2.38. The van der Waals surface area contributed by atoms with Crippen LogP contribution in [0.25, 0.3) is 0 Å². The van der Waals surface area contributed by atoms with Gasteiger partial charge in [0.25, 0.3) is 0 Å². The quantitative estimate of drug-likeness (QED) is 0.577. The van der Waals surface area contributed by atoms with Gasteiger partial charge in [0.2, 0.25) is 5.91 Å². The molecule has 1 aliphatic rings. The molecule has 26 heavy (non-hydrogen) atoms. The van der Waals surface area contributed by atoms with Gasteiger partial charge in [-0.15, -0.1) is 11.3 Å². The summed E-state index contributed by atoms with van der Waals surface area (Å²) in [6.45, 7) is 1.37. The molecular formula is C17H14BrN3O4S. The van der Waals surface area contributed by atoms with Crippen molar-refractivity contribution in [3.05, 3.63) is 50.6 Å². The highest BCUT2D eigenvalue weighted by molar-refractivity contribution is 9.10. The third kappa shape index (κ3) is 3.68. The molecule has 0 radical (unpaired) electrons. The van der Waals surface area contributed by atoms with Gasteiger partial charge in [0.05, 0.1) is 6.54 Å². The van der Waals surface area contributed by atoms with Gasteiger partial charge in [0.15, 0.2) is 0 Å². The highest BCUT2D eigenvalue weighted by atomic mass is 79.9. The van der Waals surface area contributed by atoms with Crippen LogP contribution >= 0.6 is 27.3 Å². The van der Waals surface area contributed by atoms with Crippen molar-refractivity contribution in [2.75, 3.05) is 11.9 Å². The second-order valence-electron chi connectivity index (χ2n) is 5.66. The van der Waals surface area contributed by atoms with Crippen molar-refractivity contribution in [1.82, 2.24) is 9.80 Å². The third-order valence-corrected chi connectivity index (χ3v) is 5.52. The number of carbonyl (C=O) groups is 4. The van der Waals surface area contributed by atoms with Crippen molar-refractivity contribution in [2.45, 2.75) is 13.5 Å². The van der Waals surface area contributed by atoms with Crippen LogP contribution in [0.3, 0.4) is 0 Å². The first-order valence-corrected chi connectivity index (χ1v) is 9.30. The van der Waals surface area contributed by atoms with Crippen LogP contribution in [0, 0.1) is 6.92 Å². The van der Waals surface area contributed by atoms with Crippen molar-refractivity contribution < 1.29 is 19.2 Å². The van der Waals surface area contributed by atoms with Crippen LogP contribution in [-0.4, -0.2) is 40.1 Å². The Kier molecular flexibility index (Phi) is 5.19. The molecule has 2 aromatic rings. The summed E-state index contributed by atoms with van der Waals surface area (Å²) >= 11 is 4.74. The maximum absolute atomic E-state index is 12.4. The van der Waals surface area contributed by atoms with E-state index in [1.807, 2.05) is 12.3 Å². The lowest BCUT2D eigenvalue weighted by atomic mass is 10.2. The molecule has 2 heterocycles. The molecule has 1 aromatic carbocycles. The molecule has 1 aromatic heterocycles. The number of halogens is 1. The van der Waals surface area contributed by atoms with E-state index in [-0.39, 0.29) is 6.54 Å². The molecule has 1 saturated heterocycles. The summed E-state index contributed by atoms with van der Waals surface area (Å²) in [5.74, 6) is -2.47. The monoisotopic (exact) mass is 435 g/mol. The highest BCUT2D eigenvalue weighted by Gasteiger charge is 2.45. The molecule has 0 atom stereocenters. The van der Waals surface area contributed by atoms with E-state index in [0.717, 1.165) is 19.8 Å². The molecule has 9 heteroatoms. The van der Waals surface area contributed by atoms with Crippen LogP contribution in [0.5, 0.6) is 0 Å². The molecule has 1 aliphatic heterocycles. The number of aryl methyl sites for hydroxylation is 1. The van der Waals surface area contributed by atoms with Gasteiger partial charge in [-0.1, -0.05) is 22.0 Å². The molecule has 0 aliphatic carbocycles. The second kappa shape index (κ2) is 7.38. The van der Waals surface area contributed by atoms with Gasteiger partial charge in [-0.2, -0.15) is 0 Å². The Morgan fingerprint density at radius 3 is 2.54 bits per heavy atom. The fraction of sp³-hybridized carbons (Fsp3) is 0.176. The van der Waals surface area contributed by atoms with Crippen molar-refractivity contribution >= 4 is 56.7 Å². The fourth-order valence-corrected chi connectivity index (χ4v) is 3.39. The molecule has 3 rings (SSSR count). The average molecular weight is 436 g/mol. The number of benzene rings is 1. The van der Waals surface area contributed by atoms with E-state index in [0.29, 0.717) is 10.6 Å². The van der Waals surface area contributed by atoms with Gasteiger partial charge >= 0.3 is 17.8 Å². The fourth-order valence-electron chi connectivity index (χ4n) is 2.45. The first-order valence-electron chi connectivity index (χ1n) is 7.62. The van der Waals surface area contributed by atoms with E-state index < -0.39 is 30.3 Å². The number of anilines is 1. The van der Waals surface area contributed by atoms with E-state index in [1.54, 1.807) is 30.3 Å². The lowest BCUT2D eigenvalue weighted by molar-refractivity contribution is -0.143. The van der Waals surface area contributed by atoms with Gasteiger partial charge in [-0.05, 0) is 42.1 Å². The number of amides is 5. The molecule has 0 unspecified atom stereocenters. The maximum Gasteiger partial charge on any atom is 0.335 e. The van der Waals surface area contributed by atoms with Crippen LogP contribution in [0.2, 0.25) is 0 Å². The number of nitrogens with zero attached hydrogens (tertiary/aromatic N) is 2. The van der Waals surface area contributed by atoms with Crippen LogP contribution in [0.1, 0.15) is 10.4 Å². The molecule has 134 valence electrons. The van der Waals surface area contributed by atoms with Crippen molar-refractivity contribution in [3.8, 4) is 0 Å². The number of imide groups is 2. The van der Waals surface area contributed by atoms with Crippen molar-refractivity contribution in [3.63, 3.8) is 0 Å². The van der Waals surface area contributed by atoms with E-state index >= 15 is 0 Å². The predicted octanol–water partition coefficient (Wildman–Crippen LogP) is 2.75. The van der Waals surface area contributed by atoms with Gasteiger partial charge in [-0.25, -0.2) is 9.69 Å². The first kappa shape index (κ1) is 18.3. The average Bonchev–Trinajstić information content (AvgIpc) is 3.18. The summed E-state index contributed by atoms with van der Waals surface area (Å²) in [5.41, 5.74) is 1.46. The summed E-state index contributed by atoms with van der Waals surface area (Å²) in [7, 11) is 0. The molecule has 1 fully saturated rings. The topological polar surface area (TPSA) is 86.8 Å². The summed E-state index contributed by atoms with van der Waals surface area (Å²) < 4.78 is 0.898. The van der Waals surface area contributed by atoms with E-state index in [9.17, 15) is 19.2 Å². The molecule has 0 saturated carbocycles. The molecule has 7 nitrogen and oxygen atoms in total. The predicted molar refractivity (Wildman–Crippen MR) is 99.5 cm³/mol. The SMILES string of the molecule is Cc1cc(NC(=O)CN2C(=O)C(=O)N(Cc3cccs3)C2=O)ccc1Br. The number of nitrogens with one attached hydrogen (secondary N) is 1. The minimum Gasteiger partial charge on any atom is -0.325 e. The number of hydrogen-bond donors (Lipinski definition) is 1. The minimum absolute atomic E-state index is 0.0189. The normalized spacial score (nSPS) is 14.3. The summed E-state index contributed by atoms with van der Waals surface area (Å²) in [5, 5.41) is 4.43. The minimum atomic E-state index is -0.992. The number of carbonyl (C=O) groups excluding carboxylic acids is 4. The standard InChI is InChI=1S/C17H14BrN3O4S/c1-10-7-11(4-5-13(10)18)19-14(22)9-21-16(24)15(23)20(17(21)25)8-12-3-2-6-26-12/h2-7H,8-9H2,1H3,(H,19,22). The van der Waals surface area contributed by atoms with Crippen LogP contribution in [0.15, 0.2) is 40.2 Å². The molecule has 5 amide bonds. The highest BCUT2D eigenvalue weighted by Crippen LogP contribution is 2.21. The number of thiophene rings is 1. The van der Waals surface area contributed by atoms with Gasteiger partial charge < -0.3 is 5.32 Å². The smallest absolute Gasteiger partial charge is 0.325 e. The number of urea groups is 1. The van der Waals surface area contributed by atoms with Gasteiger partial charge in [0.1, 0.15) is 6.54 Å². The molecule has 1 N–H and O–H groups in total. The Balaban J connectivity index is 1.67. The van der Waals surface area contributed by atoms with Crippen LogP contribution in [-0.2, 0) is 20.9 Å². The van der Waals surface area contributed by atoms with Gasteiger partial charge in [0, 0.05) is 15.0 Å². The Hall–Kier alpha value is -2.52. The zero-order valence-electron chi connectivity index (χ0n) is 13.7. The Bertz CT molecular complexity index is 897. The summed E-state index contributed by atoms with van der Waals surface area (Å²) in [6, 6.07) is 8.00. The zero-order chi connectivity index (χ0) is 18.8. The maximum atomic E-state index is 12.4. The van der Waals surface area contributed by atoms with Crippen molar-refractivity contribution in [1.29, 1.82) is 0 Å². The Morgan fingerprint density at radius 1 is 1.15 bits per heavy atom. The largest absolute Gasteiger partial charge is 0.335 e. The Labute approximate surface area is 161 Å². The van der Waals surface area contributed by atoms with Gasteiger partial charge in [-0.3, -0.25) is 19.3 Å². The lowest BCUT2D eigenvalue weighted by Gasteiger charge is -2.15. The van der Waals surface area contributed by atoms with Crippen LogP contribution in [0.4, 0.5) is 10.5 Å². The third-order valence-electron chi connectivity index (χ3n) is 3.77. The second-order valence-corrected chi connectivity index (χ2v) is 7.54. The summed E-state index contributed by atoms with van der Waals surface area (Å²) in [6.07, 6.45) is 0. The Morgan fingerprint density at radius 2 is 1.88 bits per heavy atom. The van der Waals surface area contributed by atoms with E-state index in [2.05, 4.69) is 21.2 Å². The number of hydrogen-bond acceptors (Lipinski definition) is 5. The van der Waals surface area contributed by atoms with E-state index in [1.165, 1.54) is 11.3 Å². The summed E-state index contributed by atoms with van der Waals surface area (Å²) in [4.78, 5) is 51.0. The first-order chi connectivity index (χ1) is 12.4. The van der Waals surface area contributed by atoms with Crippen LogP contribution < -0.4 is 5.32 Å². The van der Waals surface area contributed by atoms with Crippen molar-refractivity contribution in [2.24, 2.45) is 0 Å². The number of rotatable bonds is 5. The van der Waals surface area contributed by atoms with E-state index in [4.69, 9.17) is 0 Å². The molecule has 0 bridgehead atoms. The molecule has 0 spiro atoms. The zero-order valence-corrected chi connectivity index (χ0v) is 16.1.